The second-order valence-electron chi connectivity index (χ2n) is 4.71. The number of hydrogen-bond acceptors (Lipinski definition) is 4. The zero-order valence-corrected chi connectivity index (χ0v) is 11.5. The maximum Gasteiger partial charge on any atom is 0.371 e. The van der Waals surface area contributed by atoms with E-state index in [1.165, 1.54) is 6.07 Å². The Morgan fingerprint density at radius 1 is 1.32 bits per heavy atom. The van der Waals surface area contributed by atoms with Gasteiger partial charge in [0.2, 0.25) is 5.76 Å². The first-order chi connectivity index (χ1) is 10.7. The minimum atomic E-state index is -1.11. The predicted octanol–water partition coefficient (Wildman–Crippen LogP) is 1.94. The van der Waals surface area contributed by atoms with Crippen LogP contribution in [0.15, 0.2) is 47.4 Å². The van der Waals surface area contributed by atoms with Gasteiger partial charge < -0.3 is 18.7 Å². The molecule has 0 bridgehead atoms. The van der Waals surface area contributed by atoms with E-state index in [1.54, 1.807) is 29.2 Å². The van der Waals surface area contributed by atoms with E-state index in [0.717, 1.165) is 5.69 Å². The van der Waals surface area contributed by atoms with Crippen LogP contribution in [0, 0.1) is 11.3 Å². The summed E-state index contributed by atoms with van der Waals surface area (Å²) in [5, 5.41) is 18.1. The Balaban J connectivity index is 1.89. The minimum absolute atomic E-state index is 0.114. The van der Waals surface area contributed by atoms with Crippen molar-refractivity contribution in [3.63, 3.8) is 0 Å². The van der Waals surface area contributed by atoms with E-state index in [4.69, 9.17) is 9.52 Å². The predicted molar refractivity (Wildman–Crippen MR) is 75.2 cm³/mol. The third-order valence-electron chi connectivity index (χ3n) is 3.28. The number of aromatic carboxylic acids is 1. The van der Waals surface area contributed by atoms with Gasteiger partial charge in [-0.3, -0.25) is 0 Å². The number of imidazole rings is 1. The van der Waals surface area contributed by atoms with Crippen LogP contribution in [0.1, 0.15) is 27.7 Å². The normalized spacial score (nSPS) is 10.5. The summed E-state index contributed by atoms with van der Waals surface area (Å²) in [6.45, 7) is 0.862. The third-order valence-corrected chi connectivity index (χ3v) is 3.28. The Hall–Kier alpha value is -3.27. The fourth-order valence-electron chi connectivity index (χ4n) is 2.23. The Morgan fingerprint density at radius 2 is 2.18 bits per heavy atom. The average Bonchev–Trinajstić information content (AvgIpc) is 3.22. The van der Waals surface area contributed by atoms with Gasteiger partial charge in [-0.2, -0.15) is 5.26 Å². The lowest BCUT2D eigenvalue weighted by atomic mass is 10.3. The molecule has 0 amide bonds. The van der Waals surface area contributed by atoms with Crippen molar-refractivity contribution in [2.75, 3.05) is 0 Å². The zero-order chi connectivity index (χ0) is 15.5. The van der Waals surface area contributed by atoms with E-state index in [0.29, 0.717) is 24.5 Å². The molecular formula is C15H12N4O3. The van der Waals surface area contributed by atoms with Crippen molar-refractivity contribution in [3.05, 3.63) is 65.9 Å². The quantitative estimate of drug-likeness (QED) is 0.776. The summed E-state index contributed by atoms with van der Waals surface area (Å²) < 4.78 is 8.94. The van der Waals surface area contributed by atoms with E-state index in [2.05, 4.69) is 11.1 Å². The second-order valence-corrected chi connectivity index (χ2v) is 4.71. The third kappa shape index (κ3) is 2.62. The van der Waals surface area contributed by atoms with Crippen molar-refractivity contribution >= 4 is 5.97 Å². The summed E-state index contributed by atoms with van der Waals surface area (Å²) in [4.78, 5) is 14.8. The molecule has 110 valence electrons. The minimum Gasteiger partial charge on any atom is -0.475 e. The fraction of sp³-hybridized carbons (Fsp3) is 0.133. The molecule has 22 heavy (non-hydrogen) atoms. The van der Waals surface area contributed by atoms with Crippen molar-refractivity contribution < 1.29 is 14.3 Å². The monoisotopic (exact) mass is 296 g/mol. The summed E-state index contributed by atoms with van der Waals surface area (Å²) in [6.07, 6.45) is 5.21. The molecule has 0 unspecified atom stereocenters. The molecule has 0 saturated carbocycles. The smallest absolute Gasteiger partial charge is 0.371 e. The molecule has 0 atom stereocenters. The van der Waals surface area contributed by atoms with E-state index in [9.17, 15) is 10.1 Å². The number of nitriles is 1. The molecule has 3 aromatic heterocycles. The van der Waals surface area contributed by atoms with Gasteiger partial charge in [-0.05, 0) is 24.3 Å². The highest BCUT2D eigenvalue weighted by atomic mass is 16.4. The van der Waals surface area contributed by atoms with E-state index in [1.807, 2.05) is 16.8 Å². The Kier molecular flexibility index (Phi) is 3.50. The van der Waals surface area contributed by atoms with Crippen LogP contribution in [-0.4, -0.2) is 25.2 Å². The van der Waals surface area contributed by atoms with Gasteiger partial charge in [-0.25, -0.2) is 9.78 Å². The van der Waals surface area contributed by atoms with E-state index >= 15 is 0 Å². The summed E-state index contributed by atoms with van der Waals surface area (Å²) in [5.74, 6) is -0.744. The lowest BCUT2D eigenvalue weighted by molar-refractivity contribution is 0.0660. The van der Waals surface area contributed by atoms with Gasteiger partial charge in [0.05, 0.1) is 19.4 Å². The summed E-state index contributed by atoms with van der Waals surface area (Å²) >= 11 is 0. The van der Waals surface area contributed by atoms with Crippen molar-refractivity contribution in [2.24, 2.45) is 0 Å². The van der Waals surface area contributed by atoms with Crippen LogP contribution in [0.5, 0.6) is 0 Å². The van der Waals surface area contributed by atoms with Crippen molar-refractivity contribution in [3.8, 4) is 6.07 Å². The molecule has 0 aromatic carbocycles. The number of carbonyl (C=O) groups is 1. The standard InChI is InChI=1S/C15H12N4O3/c16-7-11-1-2-12(8-18-6-5-17-10-18)19(11)9-13-3-4-14(22-13)15(20)21/h1-6,10H,8-9H2,(H,20,21). The lowest BCUT2D eigenvalue weighted by Crippen LogP contribution is -2.09. The molecule has 7 heteroatoms. The molecule has 0 fully saturated rings. The van der Waals surface area contributed by atoms with Gasteiger partial charge in [-0.1, -0.05) is 0 Å². The van der Waals surface area contributed by atoms with Crippen LogP contribution < -0.4 is 0 Å². The highest BCUT2D eigenvalue weighted by molar-refractivity contribution is 5.84. The topological polar surface area (TPSA) is 97.0 Å². The highest BCUT2D eigenvalue weighted by Gasteiger charge is 2.13. The molecule has 0 aliphatic rings. The van der Waals surface area contributed by atoms with Crippen LogP contribution in [0.2, 0.25) is 0 Å². The van der Waals surface area contributed by atoms with Gasteiger partial charge in [0, 0.05) is 18.1 Å². The number of carboxylic acids is 1. The fourth-order valence-corrected chi connectivity index (χ4v) is 2.23. The van der Waals surface area contributed by atoms with Crippen LogP contribution in [0.3, 0.4) is 0 Å². The SMILES string of the molecule is N#Cc1ccc(Cn2ccnc2)n1Cc1ccc(C(=O)O)o1. The lowest BCUT2D eigenvalue weighted by Gasteiger charge is -2.09. The number of hydrogen-bond donors (Lipinski definition) is 1. The van der Waals surface area contributed by atoms with Crippen molar-refractivity contribution in [1.82, 2.24) is 14.1 Å². The van der Waals surface area contributed by atoms with Crippen LogP contribution in [0.25, 0.3) is 0 Å². The molecular weight excluding hydrogens is 284 g/mol. The molecule has 3 heterocycles. The van der Waals surface area contributed by atoms with Crippen LogP contribution >= 0.6 is 0 Å². The maximum absolute atomic E-state index is 10.9. The molecule has 3 aromatic rings. The van der Waals surface area contributed by atoms with Crippen LogP contribution in [0.4, 0.5) is 0 Å². The summed E-state index contributed by atoms with van der Waals surface area (Å²) in [7, 11) is 0. The zero-order valence-electron chi connectivity index (χ0n) is 11.5. The summed E-state index contributed by atoms with van der Waals surface area (Å²) in [5.41, 5.74) is 1.39. The van der Waals surface area contributed by atoms with Gasteiger partial charge in [0.15, 0.2) is 0 Å². The number of rotatable bonds is 5. The molecule has 0 radical (unpaired) electrons. The van der Waals surface area contributed by atoms with Crippen molar-refractivity contribution in [2.45, 2.75) is 13.1 Å². The molecule has 7 nitrogen and oxygen atoms in total. The first-order valence-electron chi connectivity index (χ1n) is 6.53. The molecule has 0 spiro atoms. The Labute approximate surface area is 125 Å². The second kappa shape index (κ2) is 5.61. The van der Waals surface area contributed by atoms with E-state index in [-0.39, 0.29) is 5.76 Å². The Morgan fingerprint density at radius 3 is 2.82 bits per heavy atom. The highest BCUT2D eigenvalue weighted by Crippen LogP contribution is 2.16. The number of carboxylic acid groups (broad SMARTS) is 1. The van der Waals surface area contributed by atoms with Gasteiger partial charge in [0.1, 0.15) is 17.5 Å². The Bertz CT molecular complexity index is 837. The number of furan rings is 1. The van der Waals surface area contributed by atoms with Crippen molar-refractivity contribution in [1.29, 1.82) is 5.26 Å². The first-order valence-corrected chi connectivity index (χ1v) is 6.53. The van der Waals surface area contributed by atoms with Crippen LogP contribution in [-0.2, 0) is 13.1 Å². The molecule has 0 saturated heterocycles. The molecule has 0 aliphatic carbocycles. The van der Waals surface area contributed by atoms with Gasteiger partial charge in [0.25, 0.3) is 0 Å². The maximum atomic E-state index is 10.9. The molecule has 1 N–H and O–H groups in total. The molecule has 3 rings (SSSR count). The number of nitrogens with zero attached hydrogens (tertiary/aromatic N) is 4. The molecule has 0 aliphatic heterocycles. The van der Waals surface area contributed by atoms with Gasteiger partial charge >= 0.3 is 5.97 Å². The van der Waals surface area contributed by atoms with Gasteiger partial charge in [-0.15, -0.1) is 0 Å². The van der Waals surface area contributed by atoms with E-state index < -0.39 is 5.97 Å². The first kappa shape index (κ1) is 13.7. The largest absolute Gasteiger partial charge is 0.475 e. The summed E-state index contributed by atoms with van der Waals surface area (Å²) in [6, 6.07) is 8.72. The average molecular weight is 296 g/mol. The number of aromatic nitrogens is 3.